The highest BCUT2D eigenvalue weighted by molar-refractivity contribution is 7.09. The Morgan fingerprint density at radius 2 is 2.09 bits per heavy atom. The van der Waals surface area contributed by atoms with Crippen molar-refractivity contribution in [2.45, 2.75) is 51.5 Å². The number of ether oxygens (including phenoxy) is 1. The molecule has 2 aliphatic heterocycles. The third kappa shape index (κ3) is 3.17. The first-order valence-electron chi connectivity index (χ1n) is 7.80. The standard InChI is InChI=1S/C16H22N2O3S/c1-11-8-17(9-12(2)21-11)16(20)14-5-6-15(19)18(14)10-13-4-3-7-22-13/h3-4,7,11-12,14H,5-6,8-10H2,1-2H3/t11-,12+,14-/m0/s1. The third-order valence-corrected chi connectivity index (χ3v) is 5.11. The van der Waals surface area contributed by atoms with Crippen molar-refractivity contribution in [3.05, 3.63) is 22.4 Å². The minimum atomic E-state index is -0.313. The Bertz CT molecular complexity index is 536. The first-order chi connectivity index (χ1) is 10.5. The number of thiophene rings is 1. The second-order valence-corrected chi connectivity index (χ2v) is 7.19. The van der Waals surface area contributed by atoms with Gasteiger partial charge < -0.3 is 14.5 Å². The van der Waals surface area contributed by atoms with E-state index in [0.29, 0.717) is 32.5 Å². The predicted octanol–water partition coefficient (Wildman–Crippen LogP) is 1.87. The molecule has 1 aromatic heterocycles. The van der Waals surface area contributed by atoms with Gasteiger partial charge in [-0.05, 0) is 31.7 Å². The molecule has 3 rings (SSSR count). The lowest BCUT2D eigenvalue weighted by Crippen LogP contribution is -2.53. The summed E-state index contributed by atoms with van der Waals surface area (Å²) in [6.07, 6.45) is 1.20. The van der Waals surface area contributed by atoms with E-state index in [4.69, 9.17) is 4.74 Å². The molecule has 0 aromatic carbocycles. The Morgan fingerprint density at radius 1 is 1.36 bits per heavy atom. The molecular weight excluding hydrogens is 300 g/mol. The Hall–Kier alpha value is -1.40. The van der Waals surface area contributed by atoms with E-state index in [2.05, 4.69) is 0 Å². The third-order valence-electron chi connectivity index (χ3n) is 4.25. The van der Waals surface area contributed by atoms with Crippen molar-refractivity contribution >= 4 is 23.2 Å². The summed E-state index contributed by atoms with van der Waals surface area (Å²) in [6.45, 7) is 5.74. The molecule has 120 valence electrons. The highest BCUT2D eigenvalue weighted by Crippen LogP contribution is 2.25. The molecule has 1 aromatic rings. The molecule has 2 aliphatic rings. The molecule has 2 fully saturated rings. The Morgan fingerprint density at radius 3 is 2.73 bits per heavy atom. The van der Waals surface area contributed by atoms with Crippen molar-refractivity contribution in [1.29, 1.82) is 0 Å². The van der Waals surface area contributed by atoms with Crippen molar-refractivity contribution in [2.24, 2.45) is 0 Å². The molecule has 22 heavy (non-hydrogen) atoms. The summed E-state index contributed by atoms with van der Waals surface area (Å²) in [5, 5.41) is 2.00. The van der Waals surface area contributed by atoms with Crippen LogP contribution in [-0.4, -0.2) is 53.0 Å². The van der Waals surface area contributed by atoms with E-state index in [-0.39, 0.29) is 30.1 Å². The molecule has 6 heteroatoms. The van der Waals surface area contributed by atoms with E-state index in [1.165, 1.54) is 0 Å². The molecule has 2 amide bonds. The molecule has 5 nitrogen and oxygen atoms in total. The summed E-state index contributed by atoms with van der Waals surface area (Å²) >= 11 is 1.62. The fourth-order valence-corrected chi connectivity index (χ4v) is 4.03. The van der Waals surface area contributed by atoms with Gasteiger partial charge >= 0.3 is 0 Å². The van der Waals surface area contributed by atoms with Gasteiger partial charge in [-0.15, -0.1) is 11.3 Å². The zero-order valence-electron chi connectivity index (χ0n) is 13.0. The monoisotopic (exact) mass is 322 g/mol. The normalized spacial score (nSPS) is 29.2. The lowest BCUT2D eigenvalue weighted by atomic mass is 10.1. The number of rotatable bonds is 3. The fourth-order valence-electron chi connectivity index (χ4n) is 3.33. The number of morpholine rings is 1. The first-order valence-corrected chi connectivity index (χ1v) is 8.68. The van der Waals surface area contributed by atoms with E-state index in [1.54, 1.807) is 16.2 Å². The summed E-state index contributed by atoms with van der Waals surface area (Å²) in [5.41, 5.74) is 0. The van der Waals surface area contributed by atoms with Crippen molar-refractivity contribution in [2.75, 3.05) is 13.1 Å². The summed E-state index contributed by atoms with van der Waals surface area (Å²) < 4.78 is 5.69. The van der Waals surface area contributed by atoms with Gasteiger partial charge in [-0.3, -0.25) is 9.59 Å². The van der Waals surface area contributed by atoms with Crippen LogP contribution in [0.2, 0.25) is 0 Å². The van der Waals surface area contributed by atoms with Gasteiger partial charge in [0.05, 0.1) is 18.8 Å². The highest BCUT2D eigenvalue weighted by Gasteiger charge is 2.39. The number of hydrogen-bond donors (Lipinski definition) is 0. The predicted molar refractivity (Wildman–Crippen MR) is 84.5 cm³/mol. The maximum Gasteiger partial charge on any atom is 0.245 e. The van der Waals surface area contributed by atoms with Gasteiger partial charge in [0.25, 0.3) is 0 Å². The Labute approximate surface area is 134 Å². The molecule has 0 aliphatic carbocycles. The number of amides is 2. The van der Waals surface area contributed by atoms with Crippen LogP contribution in [0.15, 0.2) is 17.5 Å². The van der Waals surface area contributed by atoms with E-state index < -0.39 is 0 Å². The number of nitrogens with zero attached hydrogens (tertiary/aromatic N) is 2. The molecule has 3 atom stereocenters. The topological polar surface area (TPSA) is 49.9 Å². The number of likely N-dealkylation sites (tertiary alicyclic amines) is 1. The lowest BCUT2D eigenvalue weighted by molar-refractivity contribution is -0.150. The van der Waals surface area contributed by atoms with Gasteiger partial charge in [-0.2, -0.15) is 0 Å². The lowest BCUT2D eigenvalue weighted by Gasteiger charge is -2.38. The average Bonchev–Trinajstić information content (AvgIpc) is 3.09. The molecule has 0 bridgehead atoms. The van der Waals surface area contributed by atoms with Crippen molar-refractivity contribution in [3.63, 3.8) is 0 Å². The Balaban J connectivity index is 1.71. The second kappa shape index (κ2) is 6.38. The van der Waals surface area contributed by atoms with Crippen LogP contribution in [0.25, 0.3) is 0 Å². The summed E-state index contributed by atoms with van der Waals surface area (Å²) in [5.74, 6) is 0.158. The zero-order valence-corrected chi connectivity index (χ0v) is 13.8. The first kappa shape index (κ1) is 15.5. The summed E-state index contributed by atoms with van der Waals surface area (Å²) in [4.78, 5) is 29.8. The van der Waals surface area contributed by atoms with E-state index >= 15 is 0 Å². The molecule has 0 spiro atoms. The highest BCUT2D eigenvalue weighted by atomic mass is 32.1. The van der Waals surface area contributed by atoms with Crippen LogP contribution in [-0.2, 0) is 20.9 Å². The van der Waals surface area contributed by atoms with Gasteiger partial charge in [-0.25, -0.2) is 0 Å². The SMILES string of the molecule is C[C@@H]1CN(C(=O)[C@@H]2CCC(=O)N2Cc2cccs2)C[C@H](C)O1. The number of hydrogen-bond acceptors (Lipinski definition) is 4. The van der Waals surface area contributed by atoms with Crippen LogP contribution in [0.5, 0.6) is 0 Å². The Kier molecular flexibility index (Phi) is 4.49. The average molecular weight is 322 g/mol. The minimum Gasteiger partial charge on any atom is -0.372 e. The van der Waals surface area contributed by atoms with Crippen LogP contribution in [0, 0.1) is 0 Å². The smallest absolute Gasteiger partial charge is 0.245 e. The van der Waals surface area contributed by atoms with Gasteiger partial charge in [0.2, 0.25) is 11.8 Å². The maximum atomic E-state index is 12.9. The summed E-state index contributed by atoms with van der Waals surface area (Å²) in [7, 11) is 0. The van der Waals surface area contributed by atoms with Crippen molar-refractivity contribution < 1.29 is 14.3 Å². The fraction of sp³-hybridized carbons (Fsp3) is 0.625. The van der Waals surface area contributed by atoms with Gasteiger partial charge in [0.15, 0.2) is 0 Å². The van der Waals surface area contributed by atoms with Gasteiger partial charge in [0.1, 0.15) is 6.04 Å². The number of carbonyl (C=O) groups is 2. The number of carbonyl (C=O) groups excluding carboxylic acids is 2. The van der Waals surface area contributed by atoms with E-state index in [1.807, 2.05) is 36.3 Å². The quantitative estimate of drug-likeness (QED) is 0.854. The van der Waals surface area contributed by atoms with E-state index in [9.17, 15) is 9.59 Å². The molecular formula is C16H22N2O3S. The van der Waals surface area contributed by atoms with Crippen molar-refractivity contribution in [3.8, 4) is 0 Å². The molecule has 0 unspecified atom stereocenters. The maximum absolute atomic E-state index is 12.9. The van der Waals surface area contributed by atoms with Crippen LogP contribution < -0.4 is 0 Å². The second-order valence-electron chi connectivity index (χ2n) is 6.16. The minimum absolute atomic E-state index is 0.0514. The zero-order chi connectivity index (χ0) is 15.7. The van der Waals surface area contributed by atoms with Crippen LogP contribution in [0.3, 0.4) is 0 Å². The van der Waals surface area contributed by atoms with Gasteiger partial charge in [0, 0.05) is 24.4 Å². The molecule has 0 radical (unpaired) electrons. The molecule has 0 N–H and O–H groups in total. The molecule has 3 heterocycles. The van der Waals surface area contributed by atoms with Gasteiger partial charge in [-0.1, -0.05) is 6.07 Å². The summed E-state index contributed by atoms with van der Waals surface area (Å²) in [6, 6.07) is 3.67. The molecule has 0 saturated carbocycles. The van der Waals surface area contributed by atoms with Crippen LogP contribution >= 0.6 is 11.3 Å². The van der Waals surface area contributed by atoms with Crippen molar-refractivity contribution in [1.82, 2.24) is 9.80 Å². The van der Waals surface area contributed by atoms with Crippen LogP contribution in [0.1, 0.15) is 31.6 Å². The molecule has 2 saturated heterocycles. The van der Waals surface area contributed by atoms with Crippen LogP contribution in [0.4, 0.5) is 0 Å². The largest absolute Gasteiger partial charge is 0.372 e. The van der Waals surface area contributed by atoms with E-state index in [0.717, 1.165) is 4.88 Å².